The highest BCUT2D eigenvalue weighted by Crippen LogP contribution is 2.28. The molecule has 2 aromatic carbocycles. The first-order valence-corrected chi connectivity index (χ1v) is 9.37. The maximum Gasteiger partial charge on any atom is 0.234 e. The van der Waals surface area contributed by atoms with Crippen molar-refractivity contribution in [3.05, 3.63) is 58.9 Å². The smallest absolute Gasteiger partial charge is 0.234 e. The third kappa shape index (κ3) is 4.28. The van der Waals surface area contributed by atoms with E-state index < -0.39 is 5.82 Å². The van der Waals surface area contributed by atoms with Crippen LogP contribution in [0.4, 0.5) is 10.1 Å². The molecule has 3 nitrogen and oxygen atoms in total. The SMILES string of the molecule is CC(=O)c1ccc(SCC(=O)Nc2cccc3c2CCCC3)c(F)c1. The van der Waals surface area contributed by atoms with Crippen LogP contribution < -0.4 is 5.32 Å². The number of halogens is 1. The van der Waals surface area contributed by atoms with E-state index in [4.69, 9.17) is 0 Å². The number of rotatable bonds is 5. The summed E-state index contributed by atoms with van der Waals surface area (Å²) in [6, 6.07) is 10.4. The van der Waals surface area contributed by atoms with Gasteiger partial charge in [-0.2, -0.15) is 0 Å². The van der Waals surface area contributed by atoms with E-state index in [1.54, 1.807) is 12.1 Å². The van der Waals surface area contributed by atoms with E-state index in [9.17, 15) is 14.0 Å². The zero-order chi connectivity index (χ0) is 17.8. The Hall–Kier alpha value is -2.14. The van der Waals surface area contributed by atoms with Gasteiger partial charge >= 0.3 is 0 Å². The summed E-state index contributed by atoms with van der Waals surface area (Å²) < 4.78 is 14.0. The first-order valence-electron chi connectivity index (χ1n) is 8.38. The van der Waals surface area contributed by atoms with E-state index in [0.717, 1.165) is 36.7 Å². The first-order chi connectivity index (χ1) is 12.0. The fourth-order valence-electron chi connectivity index (χ4n) is 3.06. The van der Waals surface area contributed by atoms with Gasteiger partial charge in [0.25, 0.3) is 0 Å². The summed E-state index contributed by atoms with van der Waals surface area (Å²) in [5.74, 6) is -0.677. The number of benzene rings is 2. The fourth-order valence-corrected chi connectivity index (χ4v) is 3.78. The van der Waals surface area contributed by atoms with Gasteiger partial charge in [-0.15, -0.1) is 11.8 Å². The average Bonchev–Trinajstić information content (AvgIpc) is 2.61. The molecule has 0 heterocycles. The molecule has 0 radical (unpaired) electrons. The van der Waals surface area contributed by atoms with E-state index in [1.165, 1.54) is 30.5 Å². The van der Waals surface area contributed by atoms with Crippen LogP contribution in [-0.2, 0) is 17.6 Å². The predicted molar refractivity (Wildman–Crippen MR) is 98.8 cm³/mol. The summed E-state index contributed by atoms with van der Waals surface area (Å²) in [5.41, 5.74) is 3.74. The monoisotopic (exact) mass is 357 g/mol. The molecule has 0 atom stereocenters. The Morgan fingerprint density at radius 3 is 2.72 bits per heavy atom. The van der Waals surface area contributed by atoms with Gasteiger partial charge in [0, 0.05) is 16.1 Å². The molecule has 1 N–H and O–H groups in total. The minimum atomic E-state index is -0.470. The van der Waals surface area contributed by atoms with Gasteiger partial charge in [0.05, 0.1) is 5.75 Å². The maximum absolute atomic E-state index is 14.0. The number of hydrogen-bond acceptors (Lipinski definition) is 3. The van der Waals surface area contributed by atoms with Gasteiger partial charge < -0.3 is 5.32 Å². The Labute approximate surface area is 151 Å². The largest absolute Gasteiger partial charge is 0.325 e. The predicted octanol–water partition coefficient (Wildman–Crippen LogP) is 4.64. The lowest BCUT2D eigenvalue weighted by Gasteiger charge is -2.19. The van der Waals surface area contributed by atoms with Gasteiger partial charge in [-0.3, -0.25) is 9.59 Å². The van der Waals surface area contributed by atoms with Crippen molar-refractivity contribution in [3.63, 3.8) is 0 Å². The molecule has 0 aromatic heterocycles. The zero-order valence-electron chi connectivity index (χ0n) is 14.1. The van der Waals surface area contributed by atoms with Crippen molar-refractivity contribution >= 4 is 29.1 Å². The summed E-state index contributed by atoms with van der Waals surface area (Å²) in [6.45, 7) is 1.40. The Morgan fingerprint density at radius 2 is 1.96 bits per heavy atom. The van der Waals surface area contributed by atoms with Crippen molar-refractivity contribution in [2.75, 3.05) is 11.1 Å². The van der Waals surface area contributed by atoms with E-state index in [1.807, 2.05) is 12.1 Å². The van der Waals surface area contributed by atoms with Crippen molar-refractivity contribution in [1.29, 1.82) is 0 Å². The van der Waals surface area contributed by atoms with Crippen LogP contribution in [0.25, 0.3) is 0 Å². The number of carbonyl (C=O) groups is 2. The van der Waals surface area contributed by atoms with Gasteiger partial charge in [-0.25, -0.2) is 4.39 Å². The highest BCUT2D eigenvalue weighted by Gasteiger charge is 2.15. The highest BCUT2D eigenvalue weighted by molar-refractivity contribution is 8.00. The Kier molecular flexibility index (Phi) is 5.53. The highest BCUT2D eigenvalue weighted by atomic mass is 32.2. The molecule has 0 fully saturated rings. The standard InChI is InChI=1S/C20H20FNO2S/c1-13(23)15-9-10-19(17(21)11-15)25-12-20(24)22-18-8-4-6-14-5-2-3-7-16(14)18/h4,6,8-11H,2-3,5,7,12H2,1H3,(H,22,24). The molecule has 0 bridgehead atoms. The molecule has 2 aromatic rings. The molecule has 3 rings (SSSR count). The van der Waals surface area contributed by atoms with Crippen LogP contribution in [-0.4, -0.2) is 17.4 Å². The topological polar surface area (TPSA) is 46.2 Å². The number of amides is 1. The van der Waals surface area contributed by atoms with Gasteiger partial charge in [-0.05, 0) is 61.9 Å². The Bertz CT molecular complexity index is 819. The molecule has 1 amide bonds. The summed E-state index contributed by atoms with van der Waals surface area (Å²) in [5, 5.41) is 2.95. The number of anilines is 1. The fraction of sp³-hybridized carbons (Fsp3) is 0.300. The molecule has 1 aliphatic rings. The minimum absolute atomic E-state index is 0.125. The summed E-state index contributed by atoms with van der Waals surface area (Å²) in [7, 11) is 0. The number of nitrogens with one attached hydrogen (secondary N) is 1. The minimum Gasteiger partial charge on any atom is -0.325 e. The van der Waals surface area contributed by atoms with Gasteiger partial charge in [0.1, 0.15) is 5.82 Å². The van der Waals surface area contributed by atoms with Crippen molar-refractivity contribution in [2.24, 2.45) is 0 Å². The molecule has 130 valence electrons. The molecular formula is C20H20FNO2S. The van der Waals surface area contributed by atoms with Crippen molar-refractivity contribution in [1.82, 2.24) is 0 Å². The van der Waals surface area contributed by atoms with E-state index in [0.29, 0.717) is 10.5 Å². The number of hydrogen-bond donors (Lipinski definition) is 1. The van der Waals surface area contributed by atoms with Crippen LogP contribution in [0.2, 0.25) is 0 Å². The van der Waals surface area contributed by atoms with Crippen molar-refractivity contribution in [3.8, 4) is 0 Å². The van der Waals surface area contributed by atoms with E-state index in [2.05, 4.69) is 11.4 Å². The third-order valence-corrected chi connectivity index (χ3v) is 5.42. The summed E-state index contributed by atoms with van der Waals surface area (Å²) in [4.78, 5) is 23.9. The van der Waals surface area contributed by atoms with Gasteiger partial charge in [0.15, 0.2) is 5.78 Å². The molecule has 0 unspecified atom stereocenters. The summed E-state index contributed by atoms with van der Waals surface area (Å²) >= 11 is 1.13. The van der Waals surface area contributed by atoms with Crippen LogP contribution in [0.5, 0.6) is 0 Å². The second-order valence-corrected chi connectivity index (χ2v) is 7.21. The lowest BCUT2D eigenvalue weighted by Crippen LogP contribution is -2.17. The number of aryl methyl sites for hydroxylation is 1. The molecule has 1 aliphatic carbocycles. The molecular weight excluding hydrogens is 337 g/mol. The molecule has 0 saturated carbocycles. The number of ketones is 1. The van der Waals surface area contributed by atoms with Crippen molar-refractivity contribution in [2.45, 2.75) is 37.5 Å². The number of carbonyl (C=O) groups excluding carboxylic acids is 2. The normalized spacial score (nSPS) is 13.2. The lowest BCUT2D eigenvalue weighted by atomic mass is 9.90. The molecule has 25 heavy (non-hydrogen) atoms. The number of fused-ring (bicyclic) bond motifs is 1. The molecule has 0 aliphatic heterocycles. The second-order valence-electron chi connectivity index (χ2n) is 6.19. The number of Topliss-reactive ketones (excluding diaryl/α,β-unsaturated/α-hetero) is 1. The van der Waals surface area contributed by atoms with Crippen LogP contribution >= 0.6 is 11.8 Å². The van der Waals surface area contributed by atoms with E-state index >= 15 is 0 Å². The number of thioether (sulfide) groups is 1. The van der Waals surface area contributed by atoms with Crippen LogP contribution in [0, 0.1) is 5.82 Å². The van der Waals surface area contributed by atoms with E-state index in [-0.39, 0.29) is 17.4 Å². The van der Waals surface area contributed by atoms with Gasteiger partial charge in [0.2, 0.25) is 5.91 Å². The molecule has 0 spiro atoms. The molecule has 0 saturated heterocycles. The second kappa shape index (κ2) is 7.83. The Morgan fingerprint density at radius 1 is 1.16 bits per heavy atom. The zero-order valence-corrected chi connectivity index (χ0v) is 14.9. The van der Waals surface area contributed by atoms with Crippen LogP contribution in [0.3, 0.4) is 0 Å². The average molecular weight is 357 g/mol. The quantitative estimate of drug-likeness (QED) is 0.626. The Balaban J connectivity index is 1.63. The lowest BCUT2D eigenvalue weighted by molar-refractivity contribution is -0.113. The van der Waals surface area contributed by atoms with Crippen molar-refractivity contribution < 1.29 is 14.0 Å². The maximum atomic E-state index is 14.0. The third-order valence-electron chi connectivity index (χ3n) is 4.37. The molecule has 5 heteroatoms. The summed E-state index contributed by atoms with van der Waals surface area (Å²) in [6.07, 6.45) is 4.37. The van der Waals surface area contributed by atoms with Crippen LogP contribution in [0.1, 0.15) is 41.3 Å². The van der Waals surface area contributed by atoms with Crippen LogP contribution in [0.15, 0.2) is 41.3 Å². The van der Waals surface area contributed by atoms with Gasteiger partial charge in [-0.1, -0.05) is 18.2 Å². The first kappa shape index (κ1) is 17.7.